The topological polar surface area (TPSA) is 50.7 Å². The van der Waals surface area contributed by atoms with Gasteiger partial charge in [-0.15, -0.1) is 12.4 Å². The van der Waals surface area contributed by atoms with E-state index in [0.717, 1.165) is 5.92 Å². The SMILES string of the molecule is Cl.NC12CC3CC(C1)C1(N=N1)C(C3)C2. The van der Waals surface area contributed by atoms with E-state index in [1.54, 1.807) is 0 Å². The van der Waals surface area contributed by atoms with Crippen LogP contribution >= 0.6 is 12.4 Å². The largest absolute Gasteiger partial charge is 0.325 e. The maximum atomic E-state index is 6.39. The number of hydrogen-bond donors (Lipinski definition) is 1. The summed E-state index contributed by atoms with van der Waals surface area (Å²) in [4.78, 5) is 0. The van der Waals surface area contributed by atoms with E-state index >= 15 is 0 Å². The molecule has 0 radical (unpaired) electrons. The summed E-state index contributed by atoms with van der Waals surface area (Å²) in [5.74, 6) is 2.33. The molecule has 4 saturated carbocycles. The minimum atomic E-state index is 0. The molecule has 1 spiro atoms. The average Bonchev–Trinajstić information content (AvgIpc) is 2.77. The van der Waals surface area contributed by atoms with Crippen LogP contribution in [0.25, 0.3) is 0 Å². The van der Waals surface area contributed by atoms with E-state index in [2.05, 4.69) is 10.2 Å². The molecule has 78 valence electrons. The summed E-state index contributed by atoms with van der Waals surface area (Å²) in [5.41, 5.74) is 6.66. The highest BCUT2D eigenvalue weighted by Gasteiger charge is 2.66. The van der Waals surface area contributed by atoms with E-state index in [-0.39, 0.29) is 23.6 Å². The Morgan fingerprint density at radius 1 is 1.00 bits per heavy atom. The van der Waals surface area contributed by atoms with Crippen molar-refractivity contribution >= 4 is 12.4 Å². The monoisotopic (exact) mass is 213 g/mol. The zero-order chi connectivity index (χ0) is 8.68. The summed E-state index contributed by atoms with van der Waals surface area (Å²) < 4.78 is 0. The van der Waals surface area contributed by atoms with Crippen molar-refractivity contribution < 1.29 is 0 Å². The number of nitrogens with zero attached hydrogens (tertiary/aromatic N) is 2. The molecule has 2 N–H and O–H groups in total. The quantitative estimate of drug-likeness (QED) is 0.659. The van der Waals surface area contributed by atoms with Crippen molar-refractivity contribution in [1.82, 2.24) is 0 Å². The summed E-state index contributed by atoms with van der Waals surface area (Å²) in [6.07, 6.45) is 6.35. The highest BCUT2D eigenvalue weighted by atomic mass is 35.5. The molecule has 5 aliphatic rings. The average molecular weight is 214 g/mol. The van der Waals surface area contributed by atoms with Crippen molar-refractivity contribution in [3.63, 3.8) is 0 Å². The van der Waals surface area contributed by atoms with Crippen molar-refractivity contribution in [1.29, 1.82) is 0 Å². The second-order valence-electron chi connectivity index (χ2n) is 5.69. The molecule has 4 fully saturated rings. The minimum absolute atomic E-state index is 0. The second kappa shape index (κ2) is 2.33. The van der Waals surface area contributed by atoms with Crippen molar-refractivity contribution in [3.8, 4) is 0 Å². The third-order valence-corrected chi connectivity index (χ3v) is 4.77. The zero-order valence-corrected chi connectivity index (χ0v) is 8.96. The van der Waals surface area contributed by atoms with Crippen LogP contribution in [-0.4, -0.2) is 11.2 Å². The Bertz CT molecular complexity index is 290. The zero-order valence-electron chi connectivity index (χ0n) is 8.15. The van der Waals surface area contributed by atoms with Crippen LogP contribution in [0, 0.1) is 17.8 Å². The Labute approximate surface area is 89.9 Å². The fourth-order valence-electron chi connectivity index (χ4n) is 4.41. The predicted molar refractivity (Wildman–Crippen MR) is 55.3 cm³/mol. The molecule has 0 saturated heterocycles. The first-order valence-corrected chi connectivity index (χ1v) is 5.43. The van der Waals surface area contributed by atoms with Crippen molar-refractivity contribution in [2.45, 2.75) is 43.3 Å². The first kappa shape index (κ1) is 9.10. The smallest absolute Gasteiger partial charge is 0.196 e. The van der Waals surface area contributed by atoms with Gasteiger partial charge in [0, 0.05) is 17.4 Å². The minimum Gasteiger partial charge on any atom is -0.325 e. The molecular weight excluding hydrogens is 198 g/mol. The third-order valence-electron chi connectivity index (χ3n) is 4.77. The second-order valence-corrected chi connectivity index (χ2v) is 5.69. The van der Waals surface area contributed by atoms with Crippen LogP contribution in [0.4, 0.5) is 0 Å². The van der Waals surface area contributed by atoms with Gasteiger partial charge in [0.05, 0.1) is 0 Å². The molecule has 1 heterocycles. The van der Waals surface area contributed by atoms with Crippen LogP contribution in [0.2, 0.25) is 0 Å². The maximum absolute atomic E-state index is 6.39. The number of rotatable bonds is 0. The summed E-state index contributed by atoms with van der Waals surface area (Å²) in [6, 6.07) is 0. The molecule has 0 aromatic heterocycles. The number of hydrogen-bond acceptors (Lipinski definition) is 3. The van der Waals surface area contributed by atoms with E-state index in [4.69, 9.17) is 5.73 Å². The Morgan fingerprint density at radius 2 is 1.57 bits per heavy atom. The standard InChI is InChI=1S/C10H15N3.ClH/c11-9-3-6-1-7(4-9)10(12-13-10)8(2-6)5-9;/h6-8H,1-5,11H2;1H. The van der Waals surface area contributed by atoms with Gasteiger partial charge < -0.3 is 5.73 Å². The molecule has 0 aromatic carbocycles. The highest BCUT2D eigenvalue weighted by molar-refractivity contribution is 5.85. The van der Waals surface area contributed by atoms with Gasteiger partial charge in [0.25, 0.3) is 0 Å². The fourth-order valence-corrected chi connectivity index (χ4v) is 4.41. The van der Waals surface area contributed by atoms with E-state index in [1.807, 2.05) is 0 Å². The molecule has 0 aromatic rings. The Balaban J connectivity index is 0.000000640. The van der Waals surface area contributed by atoms with Gasteiger partial charge in [-0.3, -0.25) is 0 Å². The summed E-state index contributed by atoms with van der Waals surface area (Å²) in [5, 5.41) is 8.67. The van der Waals surface area contributed by atoms with Gasteiger partial charge in [0.15, 0.2) is 5.66 Å². The van der Waals surface area contributed by atoms with Gasteiger partial charge in [0.1, 0.15) is 0 Å². The van der Waals surface area contributed by atoms with E-state index < -0.39 is 0 Å². The van der Waals surface area contributed by atoms with Gasteiger partial charge in [0.2, 0.25) is 0 Å². The molecule has 3 nitrogen and oxygen atoms in total. The van der Waals surface area contributed by atoms with Crippen LogP contribution in [-0.2, 0) is 0 Å². The molecule has 0 amide bonds. The first-order chi connectivity index (χ1) is 6.20. The molecule has 14 heavy (non-hydrogen) atoms. The number of nitrogens with two attached hydrogens (primary N) is 1. The maximum Gasteiger partial charge on any atom is 0.196 e. The first-order valence-electron chi connectivity index (χ1n) is 5.43. The van der Waals surface area contributed by atoms with Crippen molar-refractivity contribution in [2.75, 3.05) is 0 Å². The lowest BCUT2D eigenvalue weighted by atomic mass is 9.50. The van der Waals surface area contributed by atoms with Crippen LogP contribution in [0.3, 0.4) is 0 Å². The fraction of sp³-hybridized carbons (Fsp3) is 1.00. The lowest BCUT2D eigenvalue weighted by molar-refractivity contribution is -0.0368. The summed E-state index contributed by atoms with van der Waals surface area (Å²) in [7, 11) is 0. The normalized spacial score (nSPS) is 54.8. The molecular formula is C10H16ClN3. The third kappa shape index (κ3) is 0.878. The van der Waals surface area contributed by atoms with Gasteiger partial charge >= 0.3 is 0 Å². The molecule has 4 bridgehead atoms. The van der Waals surface area contributed by atoms with Crippen LogP contribution < -0.4 is 5.73 Å². The molecule has 2 unspecified atom stereocenters. The Hall–Kier alpha value is -0.150. The molecule has 2 atom stereocenters. The van der Waals surface area contributed by atoms with Crippen molar-refractivity contribution in [2.24, 2.45) is 33.7 Å². The molecule has 4 aliphatic carbocycles. The molecule has 1 aliphatic heterocycles. The Kier molecular flexibility index (Phi) is 1.51. The van der Waals surface area contributed by atoms with E-state index in [1.165, 1.54) is 32.1 Å². The summed E-state index contributed by atoms with van der Waals surface area (Å²) in [6.45, 7) is 0. The lowest BCUT2D eigenvalue weighted by Crippen LogP contribution is -2.62. The Morgan fingerprint density at radius 3 is 2.00 bits per heavy atom. The van der Waals surface area contributed by atoms with Gasteiger partial charge in [-0.05, 0) is 38.0 Å². The van der Waals surface area contributed by atoms with Crippen LogP contribution in [0.1, 0.15) is 32.1 Å². The van der Waals surface area contributed by atoms with E-state index in [0.29, 0.717) is 11.8 Å². The summed E-state index contributed by atoms with van der Waals surface area (Å²) >= 11 is 0. The molecule has 5 rings (SSSR count). The molecule has 4 heteroatoms. The van der Waals surface area contributed by atoms with Gasteiger partial charge in [-0.1, -0.05) is 0 Å². The van der Waals surface area contributed by atoms with E-state index in [9.17, 15) is 0 Å². The predicted octanol–water partition coefficient (Wildman–Crippen LogP) is 2.11. The van der Waals surface area contributed by atoms with Crippen LogP contribution in [0.15, 0.2) is 10.2 Å². The lowest BCUT2D eigenvalue weighted by Gasteiger charge is -2.57. The van der Waals surface area contributed by atoms with Gasteiger partial charge in [-0.25, -0.2) is 0 Å². The van der Waals surface area contributed by atoms with Crippen molar-refractivity contribution in [3.05, 3.63) is 0 Å². The van der Waals surface area contributed by atoms with Crippen LogP contribution in [0.5, 0.6) is 0 Å². The highest BCUT2D eigenvalue weighted by Crippen LogP contribution is 2.64. The number of halogens is 1. The van der Waals surface area contributed by atoms with Gasteiger partial charge in [-0.2, -0.15) is 10.2 Å².